The minimum Gasteiger partial charge on any atom is -0.493 e. The first-order chi connectivity index (χ1) is 14.9. The zero-order chi connectivity index (χ0) is 22.1. The minimum atomic E-state index is -1.50. The van der Waals surface area contributed by atoms with Crippen LogP contribution in [0.3, 0.4) is 0 Å². The predicted molar refractivity (Wildman–Crippen MR) is 110 cm³/mol. The van der Waals surface area contributed by atoms with E-state index in [0.29, 0.717) is 31.3 Å². The quantitative estimate of drug-likeness (QED) is 0.673. The molecular formula is C21H24F3N5O2. The summed E-state index contributed by atoms with van der Waals surface area (Å²) < 4.78 is 44.9. The Hall–Kier alpha value is -3.04. The number of ether oxygens (including phenoxy) is 1. The zero-order valence-corrected chi connectivity index (χ0v) is 17.4. The molecule has 1 fully saturated rings. The smallest absolute Gasteiger partial charge is 0.246 e. The maximum absolute atomic E-state index is 13.3. The van der Waals surface area contributed by atoms with Crippen LogP contribution >= 0.6 is 0 Å². The molecule has 1 aliphatic carbocycles. The molecular weight excluding hydrogens is 411 g/mol. The molecule has 1 aliphatic heterocycles. The van der Waals surface area contributed by atoms with Gasteiger partial charge in [-0.1, -0.05) is 0 Å². The second-order valence-electron chi connectivity index (χ2n) is 7.75. The van der Waals surface area contributed by atoms with Crippen LogP contribution in [0, 0.1) is 23.4 Å². The fourth-order valence-electron chi connectivity index (χ4n) is 3.93. The number of carbonyl (C=O) groups excluding carboxylic acids is 1. The van der Waals surface area contributed by atoms with Crippen LogP contribution in [0.5, 0.6) is 5.75 Å². The number of hydrogen-bond donors (Lipinski definition) is 1. The van der Waals surface area contributed by atoms with E-state index in [4.69, 9.17) is 4.74 Å². The first-order valence-corrected chi connectivity index (χ1v) is 10.4. The van der Waals surface area contributed by atoms with Gasteiger partial charge in [-0.3, -0.25) is 4.79 Å². The van der Waals surface area contributed by atoms with Gasteiger partial charge in [0.05, 0.1) is 19.3 Å². The molecule has 166 valence electrons. The van der Waals surface area contributed by atoms with Gasteiger partial charge < -0.3 is 19.9 Å². The predicted octanol–water partition coefficient (Wildman–Crippen LogP) is 3.36. The lowest BCUT2D eigenvalue weighted by Gasteiger charge is -2.37. The number of aromatic nitrogens is 2. The minimum absolute atomic E-state index is 0.0273. The van der Waals surface area contributed by atoms with Crippen LogP contribution in [0.1, 0.15) is 26.7 Å². The molecule has 0 atom stereocenters. The average molecular weight is 435 g/mol. The molecule has 10 heteroatoms. The standard InChI is InChI=1S/C21H24F3N5O2/c1-3-28-10-18(30)29(4-2)17-9-25-21(27-20(17)28)26-13-5-12(6-13)11-31-14-7-15(22)19(24)16(23)8-14/h7-9,12-13H,3-6,10-11H2,1-2H3,(H,25,26,27)/t12-,13+. The van der Waals surface area contributed by atoms with E-state index in [9.17, 15) is 18.0 Å². The molecule has 1 aromatic heterocycles. The summed E-state index contributed by atoms with van der Waals surface area (Å²) >= 11 is 0. The highest BCUT2D eigenvalue weighted by Gasteiger charge is 2.32. The van der Waals surface area contributed by atoms with Crippen molar-refractivity contribution < 1.29 is 22.7 Å². The molecule has 1 amide bonds. The zero-order valence-electron chi connectivity index (χ0n) is 17.4. The number of fused-ring (bicyclic) bond motifs is 1. The molecule has 7 nitrogen and oxygen atoms in total. The van der Waals surface area contributed by atoms with Crippen LogP contribution < -0.4 is 19.9 Å². The lowest BCUT2D eigenvalue weighted by atomic mass is 9.81. The van der Waals surface area contributed by atoms with Crippen molar-refractivity contribution in [2.24, 2.45) is 5.92 Å². The molecule has 2 aromatic rings. The van der Waals surface area contributed by atoms with Crippen molar-refractivity contribution >= 4 is 23.4 Å². The summed E-state index contributed by atoms with van der Waals surface area (Å²) in [5.41, 5.74) is 0.713. The molecule has 0 saturated heterocycles. The lowest BCUT2D eigenvalue weighted by Crippen LogP contribution is -2.46. The van der Waals surface area contributed by atoms with Crippen molar-refractivity contribution in [1.29, 1.82) is 0 Å². The van der Waals surface area contributed by atoms with Gasteiger partial charge in [-0.15, -0.1) is 0 Å². The van der Waals surface area contributed by atoms with Gasteiger partial charge in [0, 0.05) is 31.3 Å². The number of anilines is 3. The van der Waals surface area contributed by atoms with Crippen LogP contribution in [0.2, 0.25) is 0 Å². The van der Waals surface area contributed by atoms with Gasteiger partial charge in [0.2, 0.25) is 11.9 Å². The second-order valence-corrected chi connectivity index (χ2v) is 7.75. The molecule has 4 rings (SSSR count). The molecule has 2 heterocycles. The maximum Gasteiger partial charge on any atom is 0.246 e. The summed E-state index contributed by atoms with van der Waals surface area (Å²) in [7, 11) is 0. The molecule has 0 spiro atoms. The number of halogens is 3. The number of rotatable bonds is 7. The Kier molecular flexibility index (Phi) is 5.88. The normalized spacial score (nSPS) is 20.4. The van der Waals surface area contributed by atoms with Crippen molar-refractivity contribution in [3.05, 3.63) is 35.8 Å². The number of carbonyl (C=O) groups is 1. The number of amides is 1. The van der Waals surface area contributed by atoms with E-state index < -0.39 is 17.5 Å². The first-order valence-electron chi connectivity index (χ1n) is 10.4. The van der Waals surface area contributed by atoms with Crippen molar-refractivity contribution in [3.63, 3.8) is 0 Å². The van der Waals surface area contributed by atoms with E-state index in [1.165, 1.54) is 0 Å². The number of likely N-dealkylation sites (N-methyl/N-ethyl adjacent to an activating group) is 2. The Balaban J connectivity index is 1.33. The molecule has 1 N–H and O–H groups in total. The van der Waals surface area contributed by atoms with Crippen molar-refractivity contribution in [1.82, 2.24) is 9.97 Å². The summed E-state index contributed by atoms with van der Waals surface area (Å²) in [6.45, 7) is 5.70. The third kappa shape index (κ3) is 4.24. The maximum atomic E-state index is 13.3. The lowest BCUT2D eigenvalue weighted by molar-refractivity contribution is -0.117. The molecule has 0 unspecified atom stereocenters. The average Bonchev–Trinajstić information content (AvgIpc) is 2.72. The van der Waals surface area contributed by atoms with E-state index in [-0.39, 0.29) is 30.2 Å². The van der Waals surface area contributed by atoms with Crippen LogP contribution in [0.15, 0.2) is 18.3 Å². The third-order valence-corrected chi connectivity index (χ3v) is 5.68. The largest absolute Gasteiger partial charge is 0.493 e. The van der Waals surface area contributed by atoms with Crippen molar-refractivity contribution in [2.75, 3.05) is 41.4 Å². The van der Waals surface area contributed by atoms with Gasteiger partial charge in [-0.2, -0.15) is 4.98 Å². The van der Waals surface area contributed by atoms with E-state index in [2.05, 4.69) is 15.3 Å². The Morgan fingerprint density at radius 3 is 2.52 bits per heavy atom. The van der Waals surface area contributed by atoms with Crippen LogP contribution in [0.4, 0.5) is 30.6 Å². The highest BCUT2D eigenvalue weighted by atomic mass is 19.2. The summed E-state index contributed by atoms with van der Waals surface area (Å²) in [6.07, 6.45) is 3.23. The van der Waals surface area contributed by atoms with Crippen molar-refractivity contribution in [2.45, 2.75) is 32.7 Å². The Labute approximate surface area is 178 Å². The highest BCUT2D eigenvalue weighted by molar-refractivity contribution is 6.02. The highest BCUT2D eigenvalue weighted by Crippen LogP contribution is 2.34. The Morgan fingerprint density at radius 2 is 1.87 bits per heavy atom. The van der Waals surface area contributed by atoms with Crippen molar-refractivity contribution in [3.8, 4) is 5.75 Å². The summed E-state index contributed by atoms with van der Waals surface area (Å²) in [6, 6.07) is 1.84. The number of nitrogens with zero attached hydrogens (tertiary/aromatic N) is 4. The third-order valence-electron chi connectivity index (χ3n) is 5.68. The van der Waals surface area contributed by atoms with Gasteiger partial charge >= 0.3 is 0 Å². The second kappa shape index (κ2) is 8.60. The fraction of sp³-hybridized carbons (Fsp3) is 0.476. The Morgan fingerprint density at radius 1 is 1.16 bits per heavy atom. The summed E-state index contributed by atoms with van der Waals surface area (Å²) in [5, 5.41) is 3.29. The van der Waals surface area contributed by atoms with E-state index >= 15 is 0 Å². The van der Waals surface area contributed by atoms with Crippen LogP contribution in [-0.2, 0) is 4.79 Å². The summed E-state index contributed by atoms with van der Waals surface area (Å²) in [4.78, 5) is 24.9. The molecule has 0 radical (unpaired) electrons. The van der Waals surface area contributed by atoms with E-state index in [0.717, 1.165) is 30.8 Å². The summed E-state index contributed by atoms with van der Waals surface area (Å²) in [5.74, 6) is -2.60. The van der Waals surface area contributed by atoms with Gasteiger partial charge in [0.15, 0.2) is 23.3 Å². The molecule has 2 aliphatic rings. The monoisotopic (exact) mass is 435 g/mol. The van der Waals surface area contributed by atoms with Gasteiger partial charge in [-0.25, -0.2) is 18.2 Å². The van der Waals surface area contributed by atoms with Crippen LogP contribution in [0.25, 0.3) is 0 Å². The molecule has 0 bridgehead atoms. The van der Waals surface area contributed by atoms with Crippen LogP contribution in [-0.4, -0.2) is 48.2 Å². The fourth-order valence-corrected chi connectivity index (χ4v) is 3.93. The van der Waals surface area contributed by atoms with Gasteiger partial charge in [-0.05, 0) is 32.6 Å². The Bertz CT molecular complexity index is 960. The van der Waals surface area contributed by atoms with E-state index in [1.807, 2.05) is 18.7 Å². The van der Waals surface area contributed by atoms with Gasteiger partial charge in [0.25, 0.3) is 0 Å². The van der Waals surface area contributed by atoms with Gasteiger partial charge in [0.1, 0.15) is 11.4 Å². The SMILES string of the molecule is CCN1CC(=O)N(CC)c2cnc(N[C@H]3C[C@@H](COc4cc(F)c(F)c(F)c4)C3)nc21. The molecule has 1 saturated carbocycles. The topological polar surface area (TPSA) is 70.6 Å². The number of benzene rings is 1. The molecule has 1 aromatic carbocycles. The van der Waals surface area contributed by atoms with E-state index in [1.54, 1.807) is 11.1 Å². The number of nitrogens with one attached hydrogen (secondary N) is 1. The first kappa shape index (κ1) is 21.2. The molecule has 31 heavy (non-hydrogen) atoms. The number of hydrogen-bond acceptors (Lipinski definition) is 6.